The highest BCUT2D eigenvalue weighted by Gasteiger charge is 2.32. The van der Waals surface area contributed by atoms with Gasteiger partial charge in [0, 0.05) is 12.7 Å². The van der Waals surface area contributed by atoms with Crippen LogP contribution < -0.4 is 4.74 Å². The third-order valence-electron chi connectivity index (χ3n) is 4.16. The number of ether oxygens (including phenoxy) is 2. The lowest BCUT2D eigenvalue weighted by molar-refractivity contribution is 0.178. The second-order valence-electron chi connectivity index (χ2n) is 6.18. The van der Waals surface area contributed by atoms with Crippen LogP contribution >= 0.6 is 0 Å². The summed E-state index contributed by atoms with van der Waals surface area (Å²) < 4.78 is 39.0. The number of rotatable bonds is 6. The molecule has 0 bridgehead atoms. The first kappa shape index (κ1) is 19.8. The van der Waals surface area contributed by atoms with Crippen molar-refractivity contribution in [3.63, 3.8) is 0 Å². The van der Waals surface area contributed by atoms with Gasteiger partial charge in [0.1, 0.15) is 4.90 Å². The van der Waals surface area contributed by atoms with Gasteiger partial charge in [0.15, 0.2) is 17.3 Å². The van der Waals surface area contributed by atoms with Crippen molar-refractivity contribution in [2.24, 2.45) is 9.50 Å². The molecule has 0 aliphatic carbocycles. The van der Waals surface area contributed by atoms with E-state index in [2.05, 4.69) is 9.50 Å². The normalized spacial score (nSPS) is 14.8. The maximum Gasteiger partial charge on any atom is 0.285 e. The number of sulfonamides is 1. The van der Waals surface area contributed by atoms with Gasteiger partial charge in [-0.2, -0.15) is 13.5 Å². The zero-order valence-corrected chi connectivity index (χ0v) is 16.6. The fraction of sp³-hybridized carbons (Fsp3) is 0.263. The van der Waals surface area contributed by atoms with Gasteiger partial charge >= 0.3 is 0 Å². The first-order valence-electron chi connectivity index (χ1n) is 8.49. The first-order valence-corrected chi connectivity index (χ1v) is 9.93. The molecule has 1 aliphatic rings. The van der Waals surface area contributed by atoms with E-state index in [0.29, 0.717) is 30.0 Å². The Balaban J connectivity index is 1.99. The number of phenolic OH excluding ortho intramolecular Hbond substituents is 1. The number of amidine groups is 1. The van der Waals surface area contributed by atoms with Gasteiger partial charge in [-0.15, -0.1) is 4.40 Å². The van der Waals surface area contributed by atoms with E-state index in [1.54, 1.807) is 43.7 Å². The third-order valence-corrected chi connectivity index (χ3v) is 5.49. The summed E-state index contributed by atoms with van der Waals surface area (Å²) in [5.74, 6) is 0.582. The number of hydrogen-bond donors (Lipinski definition) is 1. The van der Waals surface area contributed by atoms with Gasteiger partial charge in [0.05, 0.1) is 26.5 Å². The molecule has 28 heavy (non-hydrogen) atoms. The second-order valence-corrected chi connectivity index (χ2v) is 7.75. The summed E-state index contributed by atoms with van der Waals surface area (Å²) in [6.07, 6.45) is 1.54. The maximum atomic E-state index is 12.4. The molecular weight excluding hydrogens is 382 g/mol. The molecule has 0 aromatic heterocycles. The summed E-state index contributed by atoms with van der Waals surface area (Å²) in [6.45, 7) is 2.52. The van der Waals surface area contributed by atoms with Gasteiger partial charge in [-0.3, -0.25) is 0 Å². The summed E-state index contributed by atoms with van der Waals surface area (Å²) in [4.78, 5) is 0.164. The zero-order chi connectivity index (χ0) is 20.3. The zero-order valence-electron chi connectivity index (χ0n) is 15.8. The Kier molecular flexibility index (Phi) is 5.66. The van der Waals surface area contributed by atoms with Crippen molar-refractivity contribution in [2.45, 2.75) is 11.8 Å². The van der Waals surface area contributed by atoms with E-state index >= 15 is 0 Å². The van der Waals surface area contributed by atoms with Crippen LogP contribution in [0, 0.1) is 6.92 Å². The molecule has 0 unspecified atom stereocenters. The molecule has 2 aromatic carbocycles. The molecule has 0 saturated heterocycles. The molecule has 0 spiro atoms. The minimum Gasteiger partial charge on any atom is -0.504 e. The lowest BCUT2D eigenvalue weighted by Crippen LogP contribution is -2.29. The fourth-order valence-electron chi connectivity index (χ4n) is 2.75. The highest BCUT2D eigenvalue weighted by molar-refractivity contribution is 7.90. The maximum absolute atomic E-state index is 12.4. The Morgan fingerprint density at radius 1 is 1.21 bits per heavy atom. The highest BCUT2D eigenvalue weighted by atomic mass is 32.2. The smallest absolute Gasteiger partial charge is 0.285 e. The van der Waals surface area contributed by atoms with Crippen molar-refractivity contribution in [3.8, 4) is 11.5 Å². The SMILES string of the molecule is COCCN(N=Cc1ccc(O)c(OC)c1)C1=NS(=O)(=O)c2ccc(C)cc21. The lowest BCUT2D eigenvalue weighted by Gasteiger charge is -2.18. The van der Waals surface area contributed by atoms with Gasteiger partial charge in [-0.05, 0) is 42.8 Å². The number of aromatic hydroxyl groups is 1. The van der Waals surface area contributed by atoms with Crippen LogP contribution in [-0.2, 0) is 14.8 Å². The molecule has 8 nitrogen and oxygen atoms in total. The van der Waals surface area contributed by atoms with E-state index in [-0.39, 0.29) is 16.5 Å². The van der Waals surface area contributed by atoms with Gasteiger partial charge in [-0.1, -0.05) is 11.6 Å². The quantitative estimate of drug-likeness (QED) is 0.586. The average Bonchev–Trinajstić information content (AvgIpc) is 2.93. The van der Waals surface area contributed by atoms with Crippen LogP contribution in [0.5, 0.6) is 11.5 Å². The lowest BCUT2D eigenvalue weighted by atomic mass is 10.1. The van der Waals surface area contributed by atoms with Gasteiger partial charge in [0.2, 0.25) is 0 Å². The van der Waals surface area contributed by atoms with Crippen LogP contribution in [0.3, 0.4) is 0 Å². The summed E-state index contributed by atoms with van der Waals surface area (Å²) in [7, 11) is -0.752. The van der Waals surface area contributed by atoms with E-state index in [1.165, 1.54) is 18.2 Å². The number of phenols is 1. The highest BCUT2D eigenvalue weighted by Crippen LogP contribution is 2.29. The third kappa shape index (κ3) is 4.00. The molecule has 2 aromatic rings. The Hall–Kier alpha value is -2.91. The Morgan fingerprint density at radius 2 is 2.00 bits per heavy atom. The Labute approximate surface area is 163 Å². The van der Waals surface area contributed by atoms with Crippen molar-refractivity contribution in [1.29, 1.82) is 0 Å². The van der Waals surface area contributed by atoms with Crippen LogP contribution in [0.25, 0.3) is 0 Å². The standard InChI is InChI=1S/C19H21N3O5S/c1-13-4-7-18-15(10-13)19(21-28(18,24)25)22(8-9-26-2)20-12-14-5-6-16(23)17(11-14)27-3/h4-7,10-12,23H,8-9H2,1-3H3. The molecule has 3 rings (SSSR count). The van der Waals surface area contributed by atoms with E-state index in [0.717, 1.165) is 5.56 Å². The van der Waals surface area contributed by atoms with E-state index in [1.807, 2.05) is 6.92 Å². The van der Waals surface area contributed by atoms with Crippen molar-refractivity contribution < 1.29 is 23.0 Å². The molecule has 1 heterocycles. The minimum atomic E-state index is -3.76. The number of hydrogen-bond acceptors (Lipinski definition) is 7. The van der Waals surface area contributed by atoms with E-state index < -0.39 is 10.0 Å². The van der Waals surface area contributed by atoms with Crippen molar-refractivity contribution >= 4 is 22.1 Å². The van der Waals surface area contributed by atoms with Crippen LogP contribution in [0.1, 0.15) is 16.7 Å². The molecule has 148 valence electrons. The summed E-state index contributed by atoms with van der Waals surface area (Å²) in [5, 5.41) is 15.6. The minimum absolute atomic E-state index is 0.0200. The second kappa shape index (κ2) is 7.99. The number of nitrogens with zero attached hydrogens (tertiary/aromatic N) is 3. The number of hydrazone groups is 1. The molecule has 0 fully saturated rings. The van der Waals surface area contributed by atoms with Crippen LogP contribution in [0.15, 0.2) is 50.8 Å². The number of fused-ring (bicyclic) bond motifs is 1. The number of methoxy groups -OCH3 is 2. The Morgan fingerprint density at radius 3 is 2.71 bits per heavy atom. The molecule has 1 aliphatic heterocycles. The van der Waals surface area contributed by atoms with Crippen molar-refractivity contribution in [2.75, 3.05) is 27.4 Å². The average molecular weight is 403 g/mol. The predicted molar refractivity (Wildman–Crippen MR) is 106 cm³/mol. The van der Waals surface area contributed by atoms with E-state index in [9.17, 15) is 13.5 Å². The van der Waals surface area contributed by atoms with Crippen molar-refractivity contribution in [3.05, 3.63) is 53.1 Å². The monoisotopic (exact) mass is 403 g/mol. The number of aryl methyl sites for hydroxylation is 1. The van der Waals surface area contributed by atoms with Crippen molar-refractivity contribution in [1.82, 2.24) is 5.01 Å². The molecule has 0 saturated carbocycles. The Bertz CT molecular complexity index is 1050. The topological polar surface area (TPSA) is 101 Å². The summed E-state index contributed by atoms with van der Waals surface area (Å²) in [6, 6.07) is 9.85. The van der Waals surface area contributed by atoms with Gasteiger partial charge in [-0.25, -0.2) is 5.01 Å². The largest absolute Gasteiger partial charge is 0.504 e. The first-order chi connectivity index (χ1) is 13.4. The molecule has 0 atom stereocenters. The van der Waals surface area contributed by atoms with E-state index in [4.69, 9.17) is 9.47 Å². The molecule has 0 amide bonds. The van der Waals surface area contributed by atoms with Gasteiger partial charge < -0.3 is 14.6 Å². The fourth-order valence-corrected chi connectivity index (χ4v) is 3.94. The summed E-state index contributed by atoms with van der Waals surface area (Å²) in [5.41, 5.74) is 2.10. The predicted octanol–water partition coefficient (Wildman–Crippen LogP) is 2.14. The van der Waals surface area contributed by atoms with Crippen LogP contribution in [-0.4, -0.2) is 58.0 Å². The molecular formula is C19H21N3O5S. The number of benzene rings is 2. The van der Waals surface area contributed by atoms with Crippen LogP contribution in [0.4, 0.5) is 0 Å². The molecule has 9 heteroatoms. The van der Waals surface area contributed by atoms with Crippen LogP contribution in [0.2, 0.25) is 0 Å². The summed E-state index contributed by atoms with van der Waals surface area (Å²) >= 11 is 0. The van der Waals surface area contributed by atoms with Gasteiger partial charge in [0.25, 0.3) is 10.0 Å². The molecule has 0 radical (unpaired) electrons. The molecule has 1 N–H and O–H groups in total.